The molecule has 0 atom stereocenters. The quantitative estimate of drug-likeness (QED) is 0.411. The van der Waals surface area contributed by atoms with Gasteiger partial charge in [-0.05, 0) is 54.6 Å². The fourth-order valence-electron chi connectivity index (χ4n) is 3.26. The number of methoxy groups -OCH3 is 1. The zero-order valence-electron chi connectivity index (χ0n) is 17.6. The molecule has 10 heteroatoms. The highest BCUT2D eigenvalue weighted by molar-refractivity contribution is 6.54. The van der Waals surface area contributed by atoms with Gasteiger partial charge in [-0.15, -0.1) is 0 Å². The van der Waals surface area contributed by atoms with Crippen molar-refractivity contribution < 1.29 is 19.1 Å². The van der Waals surface area contributed by atoms with Gasteiger partial charge in [-0.3, -0.25) is 14.4 Å². The molecule has 0 unspecified atom stereocenters. The summed E-state index contributed by atoms with van der Waals surface area (Å²) in [6.07, 6.45) is 0. The summed E-state index contributed by atoms with van der Waals surface area (Å²) < 4.78 is 5.11. The van der Waals surface area contributed by atoms with E-state index in [1.165, 1.54) is 18.2 Å². The van der Waals surface area contributed by atoms with E-state index in [0.29, 0.717) is 22.7 Å². The van der Waals surface area contributed by atoms with Gasteiger partial charge in [-0.25, -0.2) is 4.90 Å². The van der Waals surface area contributed by atoms with Crippen molar-refractivity contribution in [2.45, 2.75) is 0 Å². The van der Waals surface area contributed by atoms with Gasteiger partial charge in [0.05, 0.1) is 22.8 Å². The topological polar surface area (TPSA) is 87.7 Å². The van der Waals surface area contributed by atoms with Crippen molar-refractivity contribution in [1.29, 1.82) is 0 Å². The maximum atomic E-state index is 13.0. The smallest absolute Gasteiger partial charge is 0.283 e. The Morgan fingerprint density at radius 2 is 1.59 bits per heavy atom. The van der Waals surface area contributed by atoms with Crippen LogP contribution in [-0.4, -0.2) is 24.8 Å². The zero-order chi connectivity index (χ0) is 24.4. The molecule has 7 nitrogen and oxygen atoms in total. The first-order valence-electron chi connectivity index (χ1n) is 9.85. The molecule has 1 heterocycles. The zero-order valence-corrected chi connectivity index (χ0v) is 19.8. The highest BCUT2D eigenvalue weighted by Crippen LogP contribution is 2.37. The Hall–Kier alpha value is -3.52. The van der Waals surface area contributed by atoms with Crippen LogP contribution < -0.4 is 20.3 Å². The summed E-state index contributed by atoms with van der Waals surface area (Å²) in [5.74, 6) is -1.15. The number of carbonyl (C=O) groups excluding carboxylic acids is 3. The van der Waals surface area contributed by atoms with E-state index >= 15 is 0 Å². The van der Waals surface area contributed by atoms with E-state index in [0.717, 1.165) is 4.90 Å². The van der Waals surface area contributed by atoms with Gasteiger partial charge in [0, 0.05) is 16.9 Å². The standard InChI is InChI=1S/C24H16Cl3N3O4/c1-34-16-10-8-14(9-11-16)29-22(31)13-4-2-5-15(12-13)28-21-20(27)23(32)30(24(21)33)18-7-3-6-17(25)19(18)26/h2-12,28H,1H3,(H,29,31). The lowest BCUT2D eigenvalue weighted by Crippen LogP contribution is -2.32. The Bertz CT molecular complexity index is 1340. The van der Waals surface area contributed by atoms with Gasteiger partial charge in [0.15, 0.2) is 0 Å². The number of carbonyl (C=O) groups is 3. The van der Waals surface area contributed by atoms with Gasteiger partial charge in [0.25, 0.3) is 17.7 Å². The Kier molecular flexibility index (Phi) is 6.79. The van der Waals surface area contributed by atoms with Gasteiger partial charge in [0.2, 0.25) is 0 Å². The summed E-state index contributed by atoms with van der Waals surface area (Å²) in [5, 5.41) is 5.55. The van der Waals surface area contributed by atoms with Crippen molar-refractivity contribution in [3.63, 3.8) is 0 Å². The summed E-state index contributed by atoms with van der Waals surface area (Å²) in [5.41, 5.74) is 1.27. The highest BCUT2D eigenvalue weighted by atomic mass is 35.5. The largest absolute Gasteiger partial charge is 0.497 e. The molecule has 2 N–H and O–H groups in total. The molecule has 0 fully saturated rings. The Morgan fingerprint density at radius 3 is 2.29 bits per heavy atom. The number of amides is 3. The maximum Gasteiger partial charge on any atom is 0.283 e. The number of ether oxygens (including phenoxy) is 1. The third kappa shape index (κ3) is 4.59. The third-order valence-corrected chi connectivity index (χ3v) is 6.10. The summed E-state index contributed by atoms with van der Waals surface area (Å²) >= 11 is 18.4. The lowest BCUT2D eigenvalue weighted by Gasteiger charge is -2.17. The summed E-state index contributed by atoms with van der Waals surface area (Å²) in [6, 6.07) is 17.9. The van der Waals surface area contributed by atoms with E-state index < -0.39 is 11.8 Å². The molecule has 3 amide bonds. The minimum atomic E-state index is -0.744. The lowest BCUT2D eigenvalue weighted by atomic mass is 10.1. The number of nitrogens with one attached hydrogen (secondary N) is 2. The van der Waals surface area contributed by atoms with Crippen molar-refractivity contribution >= 4 is 69.6 Å². The predicted molar refractivity (Wildman–Crippen MR) is 133 cm³/mol. The summed E-state index contributed by atoms with van der Waals surface area (Å²) in [6.45, 7) is 0. The number of rotatable bonds is 6. The Balaban J connectivity index is 1.54. The van der Waals surface area contributed by atoms with E-state index in [1.807, 2.05) is 0 Å². The van der Waals surface area contributed by atoms with Crippen molar-refractivity contribution in [1.82, 2.24) is 0 Å². The molecule has 34 heavy (non-hydrogen) atoms. The first-order valence-corrected chi connectivity index (χ1v) is 11.0. The second kappa shape index (κ2) is 9.77. The van der Waals surface area contributed by atoms with Crippen LogP contribution in [0.15, 0.2) is 77.5 Å². The number of benzene rings is 3. The van der Waals surface area contributed by atoms with Crippen molar-refractivity contribution in [3.8, 4) is 5.75 Å². The van der Waals surface area contributed by atoms with Crippen LogP contribution >= 0.6 is 34.8 Å². The molecule has 0 radical (unpaired) electrons. The molecular weight excluding hydrogens is 501 g/mol. The molecule has 1 aliphatic heterocycles. The number of anilines is 3. The van der Waals surface area contributed by atoms with Gasteiger partial charge in [0.1, 0.15) is 16.5 Å². The lowest BCUT2D eigenvalue weighted by molar-refractivity contribution is -0.120. The molecule has 0 saturated heterocycles. The summed E-state index contributed by atoms with van der Waals surface area (Å²) in [4.78, 5) is 39.2. The average molecular weight is 517 g/mol. The van der Waals surface area contributed by atoms with Crippen molar-refractivity contribution in [2.24, 2.45) is 0 Å². The number of nitrogens with zero attached hydrogens (tertiary/aromatic N) is 1. The molecule has 0 aromatic heterocycles. The number of hydrogen-bond donors (Lipinski definition) is 2. The van der Waals surface area contributed by atoms with Crippen LogP contribution in [0, 0.1) is 0 Å². The van der Waals surface area contributed by atoms with Gasteiger partial charge in [-0.2, -0.15) is 0 Å². The fourth-order valence-corrected chi connectivity index (χ4v) is 3.85. The Morgan fingerprint density at radius 1 is 0.882 bits per heavy atom. The molecule has 3 aromatic rings. The number of halogens is 3. The van der Waals surface area contributed by atoms with E-state index in [2.05, 4.69) is 10.6 Å². The van der Waals surface area contributed by atoms with E-state index in [4.69, 9.17) is 39.5 Å². The third-order valence-electron chi connectivity index (χ3n) is 4.94. The second-order valence-corrected chi connectivity index (χ2v) is 8.26. The number of imide groups is 1. The fraction of sp³-hybridized carbons (Fsp3) is 0.0417. The first-order chi connectivity index (χ1) is 16.3. The van der Waals surface area contributed by atoms with Crippen LogP contribution in [0.5, 0.6) is 5.75 Å². The average Bonchev–Trinajstić information content (AvgIpc) is 3.04. The predicted octanol–water partition coefficient (Wildman–Crippen LogP) is 5.69. The molecule has 0 spiro atoms. The molecule has 172 valence electrons. The van der Waals surface area contributed by atoms with Crippen molar-refractivity contribution in [2.75, 3.05) is 22.6 Å². The molecule has 3 aromatic carbocycles. The van der Waals surface area contributed by atoms with E-state index in [-0.39, 0.29) is 32.4 Å². The monoisotopic (exact) mass is 515 g/mol. The maximum absolute atomic E-state index is 13.0. The van der Waals surface area contributed by atoms with Crippen LogP contribution in [0.4, 0.5) is 17.1 Å². The van der Waals surface area contributed by atoms with E-state index in [9.17, 15) is 14.4 Å². The van der Waals surface area contributed by atoms with Crippen molar-refractivity contribution in [3.05, 3.63) is 93.1 Å². The molecule has 1 aliphatic rings. The SMILES string of the molecule is COc1ccc(NC(=O)c2cccc(NC3=C(Cl)C(=O)N(c4cccc(Cl)c4Cl)C3=O)c2)cc1. The van der Waals surface area contributed by atoms with Crippen LogP contribution in [-0.2, 0) is 9.59 Å². The van der Waals surface area contributed by atoms with Crippen LogP contribution in [0.2, 0.25) is 10.0 Å². The van der Waals surface area contributed by atoms with Gasteiger partial charge < -0.3 is 15.4 Å². The van der Waals surface area contributed by atoms with Gasteiger partial charge >= 0.3 is 0 Å². The van der Waals surface area contributed by atoms with Crippen LogP contribution in [0.25, 0.3) is 0 Å². The number of hydrogen-bond acceptors (Lipinski definition) is 5. The normalized spacial score (nSPS) is 13.4. The molecule has 4 rings (SSSR count). The Labute approximate surface area is 209 Å². The molecular formula is C24H16Cl3N3O4. The minimum absolute atomic E-state index is 0.0498. The van der Waals surface area contributed by atoms with Gasteiger partial charge in [-0.1, -0.05) is 46.9 Å². The minimum Gasteiger partial charge on any atom is -0.497 e. The molecule has 0 bridgehead atoms. The first kappa shape index (κ1) is 23.6. The molecule has 0 saturated carbocycles. The second-order valence-electron chi connectivity index (χ2n) is 7.10. The summed E-state index contributed by atoms with van der Waals surface area (Å²) in [7, 11) is 1.55. The van der Waals surface area contributed by atoms with E-state index in [1.54, 1.807) is 55.6 Å². The van der Waals surface area contributed by atoms with Crippen LogP contribution in [0.1, 0.15) is 10.4 Å². The molecule has 0 aliphatic carbocycles. The highest BCUT2D eigenvalue weighted by Gasteiger charge is 2.40. The van der Waals surface area contributed by atoms with Crippen LogP contribution in [0.3, 0.4) is 0 Å².